The summed E-state index contributed by atoms with van der Waals surface area (Å²) in [6, 6.07) is 0.468. The fourth-order valence-corrected chi connectivity index (χ4v) is 3.56. The van der Waals surface area contributed by atoms with Crippen LogP contribution in [0.4, 0.5) is 6.01 Å². The third-order valence-electron chi connectivity index (χ3n) is 3.20. The smallest absolute Gasteiger partial charge is 0.315 e. The molecule has 1 aromatic heterocycles. The molecular formula is C11H20N4O3S. The third kappa shape index (κ3) is 3.90. The van der Waals surface area contributed by atoms with Crippen LogP contribution in [0.3, 0.4) is 0 Å². The van der Waals surface area contributed by atoms with E-state index in [1.165, 1.54) is 0 Å². The molecule has 0 aliphatic carbocycles. The van der Waals surface area contributed by atoms with Gasteiger partial charge in [0.05, 0.1) is 17.5 Å². The lowest BCUT2D eigenvalue weighted by atomic mass is 10.2. The number of aromatic nitrogens is 2. The highest BCUT2D eigenvalue weighted by molar-refractivity contribution is 7.91. The molecule has 19 heavy (non-hydrogen) atoms. The number of nitrogens with zero attached hydrogens (tertiary/aromatic N) is 2. The predicted octanol–water partition coefficient (Wildman–Crippen LogP) is 0.729. The van der Waals surface area contributed by atoms with Crippen molar-refractivity contribution < 1.29 is 12.8 Å². The van der Waals surface area contributed by atoms with E-state index >= 15 is 0 Å². The molecule has 1 atom stereocenters. The number of hydrogen-bond donors (Lipinski definition) is 2. The van der Waals surface area contributed by atoms with Crippen LogP contribution in [0, 0.1) is 0 Å². The first-order valence-corrected chi connectivity index (χ1v) is 8.36. The lowest BCUT2D eigenvalue weighted by molar-refractivity contribution is 0.424. The van der Waals surface area contributed by atoms with Crippen molar-refractivity contribution in [1.29, 1.82) is 0 Å². The van der Waals surface area contributed by atoms with Crippen LogP contribution in [0.15, 0.2) is 4.42 Å². The van der Waals surface area contributed by atoms with Gasteiger partial charge in [-0.05, 0) is 26.3 Å². The molecule has 2 heterocycles. The van der Waals surface area contributed by atoms with Gasteiger partial charge in [0.2, 0.25) is 5.89 Å². The summed E-state index contributed by atoms with van der Waals surface area (Å²) in [6.45, 7) is 4.79. The second-order valence-corrected chi connectivity index (χ2v) is 7.10. The highest BCUT2D eigenvalue weighted by Crippen LogP contribution is 2.19. The molecule has 1 aliphatic heterocycles. The SMILES string of the molecule is CCNC(C)c1nnc(NC2CCS(=O)(=O)CC2)o1. The highest BCUT2D eigenvalue weighted by atomic mass is 32.2. The molecule has 1 saturated heterocycles. The van der Waals surface area contributed by atoms with Crippen molar-refractivity contribution in [3.05, 3.63) is 5.89 Å². The average Bonchev–Trinajstić information content (AvgIpc) is 2.81. The zero-order valence-corrected chi connectivity index (χ0v) is 12.0. The van der Waals surface area contributed by atoms with Crippen LogP contribution in [-0.2, 0) is 9.84 Å². The van der Waals surface area contributed by atoms with E-state index in [4.69, 9.17) is 4.42 Å². The third-order valence-corrected chi connectivity index (χ3v) is 4.92. The largest absolute Gasteiger partial charge is 0.406 e. The van der Waals surface area contributed by atoms with Gasteiger partial charge in [-0.25, -0.2) is 8.42 Å². The summed E-state index contributed by atoms with van der Waals surface area (Å²) in [6.07, 6.45) is 1.17. The summed E-state index contributed by atoms with van der Waals surface area (Å²) in [4.78, 5) is 0. The van der Waals surface area contributed by atoms with Gasteiger partial charge in [0, 0.05) is 6.04 Å². The Morgan fingerprint density at radius 1 is 1.37 bits per heavy atom. The van der Waals surface area contributed by atoms with Gasteiger partial charge >= 0.3 is 6.01 Å². The molecule has 108 valence electrons. The molecule has 0 aromatic carbocycles. The minimum Gasteiger partial charge on any atom is -0.406 e. The van der Waals surface area contributed by atoms with E-state index < -0.39 is 9.84 Å². The Morgan fingerprint density at radius 2 is 2.05 bits per heavy atom. The maximum absolute atomic E-state index is 11.3. The number of nitrogens with one attached hydrogen (secondary N) is 2. The van der Waals surface area contributed by atoms with Crippen molar-refractivity contribution >= 4 is 15.9 Å². The van der Waals surface area contributed by atoms with Crippen LogP contribution in [0.25, 0.3) is 0 Å². The lowest BCUT2D eigenvalue weighted by Gasteiger charge is -2.21. The van der Waals surface area contributed by atoms with Crippen molar-refractivity contribution in [3.8, 4) is 0 Å². The normalized spacial score (nSPS) is 21.2. The van der Waals surface area contributed by atoms with Gasteiger partial charge in [-0.2, -0.15) is 0 Å². The van der Waals surface area contributed by atoms with Crippen LogP contribution in [0.1, 0.15) is 38.6 Å². The maximum atomic E-state index is 11.3. The molecule has 1 aliphatic rings. The Bertz CT molecular complexity index is 500. The summed E-state index contributed by atoms with van der Waals surface area (Å²) >= 11 is 0. The predicted molar refractivity (Wildman–Crippen MR) is 71.7 cm³/mol. The Labute approximate surface area is 113 Å². The lowest BCUT2D eigenvalue weighted by Crippen LogP contribution is -2.32. The van der Waals surface area contributed by atoms with Gasteiger partial charge in [0.15, 0.2) is 0 Å². The Hall–Kier alpha value is -1.15. The Morgan fingerprint density at radius 3 is 2.68 bits per heavy atom. The van der Waals surface area contributed by atoms with Gasteiger partial charge in [-0.15, -0.1) is 5.10 Å². The van der Waals surface area contributed by atoms with Crippen LogP contribution < -0.4 is 10.6 Å². The van der Waals surface area contributed by atoms with E-state index in [1.807, 2.05) is 13.8 Å². The second-order valence-electron chi connectivity index (χ2n) is 4.80. The molecule has 0 amide bonds. The number of hydrogen-bond acceptors (Lipinski definition) is 7. The summed E-state index contributed by atoms with van der Waals surface area (Å²) < 4.78 is 28.2. The maximum Gasteiger partial charge on any atom is 0.315 e. The van der Waals surface area contributed by atoms with E-state index in [1.54, 1.807) is 0 Å². The van der Waals surface area contributed by atoms with Crippen molar-refractivity contribution in [2.75, 3.05) is 23.4 Å². The van der Waals surface area contributed by atoms with Crippen LogP contribution in [-0.4, -0.2) is 42.7 Å². The summed E-state index contributed by atoms with van der Waals surface area (Å²) in [7, 11) is -2.84. The zero-order valence-electron chi connectivity index (χ0n) is 11.2. The summed E-state index contributed by atoms with van der Waals surface area (Å²) in [5.41, 5.74) is 0. The van der Waals surface area contributed by atoms with E-state index in [-0.39, 0.29) is 23.6 Å². The van der Waals surface area contributed by atoms with Gasteiger partial charge < -0.3 is 15.1 Å². The first-order valence-electron chi connectivity index (χ1n) is 6.54. The van der Waals surface area contributed by atoms with Gasteiger partial charge in [0.25, 0.3) is 0 Å². The molecule has 2 rings (SSSR count). The van der Waals surface area contributed by atoms with Crippen LogP contribution in [0.2, 0.25) is 0 Å². The summed E-state index contributed by atoms with van der Waals surface area (Å²) in [5.74, 6) is 0.978. The van der Waals surface area contributed by atoms with Crippen molar-refractivity contribution in [3.63, 3.8) is 0 Å². The first kappa shape index (κ1) is 14.3. The molecule has 0 radical (unpaired) electrons. The molecule has 2 N–H and O–H groups in total. The Kier molecular flexibility index (Phi) is 4.41. The van der Waals surface area contributed by atoms with Gasteiger partial charge in [-0.1, -0.05) is 12.0 Å². The van der Waals surface area contributed by atoms with E-state index in [0.29, 0.717) is 24.7 Å². The molecule has 1 aromatic rings. The molecular weight excluding hydrogens is 268 g/mol. The van der Waals surface area contributed by atoms with E-state index in [9.17, 15) is 8.42 Å². The molecule has 1 unspecified atom stereocenters. The van der Waals surface area contributed by atoms with Crippen molar-refractivity contribution in [1.82, 2.24) is 15.5 Å². The minimum atomic E-state index is -2.84. The fraction of sp³-hybridized carbons (Fsp3) is 0.818. The zero-order chi connectivity index (χ0) is 13.9. The fourth-order valence-electron chi connectivity index (χ4n) is 2.07. The standard InChI is InChI=1S/C11H20N4O3S/c1-3-12-8(2)10-14-15-11(18-10)13-9-4-6-19(16,17)7-5-9/h8-9,12H,3-7H2,1-2H3,(H,13,15). The molecule has 1 fully saturated rings. The molecule has 0 bridgehead atoms. The van der Waals surface area contributed by atoms with E-state index in [0.717, 1.165) is 6.54 Å². The molecule has 0 spiro atoms. The van der Waals surface area contributed by atoms with Crippen molar-refractivity contribution in [2.24, 2.45) is 0 Å². The first-order chi connectivity index (χ1) is 9.00. The quantitative estimate of drug-likeness (QED) is 0.824. The molecule has 8 heteroatoms. The number of sulfone groups is 1. The molecule has 7 nitrogen and oxygen atoms in total. The van der Waals surface area contributed by atoms with Gasteiger partial charge in [-0.3, -0.25) is 0 Å². The van der Waals surface area contributed by atoms with Gasteiger partial charge in [0.1, 0.15) is 9.84 Å². The van der Waals surface area contributed by atoms with Crippen LogP contribution >= 0.6 is 0 Å². The minimum absolute atomic E-state index is 0.0137. The van der Waals surface area contributed by atoms with Crippen LogP contribution in [0.5, 0.6) is 0 Å². The van der Waals surface area contributed by atoms with Crippen molar-refractivity contribution in [2.45, 2.75) is 38.8 Å². The second kappa shape index (κ2) is 5.87. The number of rotatable bonds is 5. The molecule has 0 saturated carbocycles. The summed E-state index contributed by atoms with van der Waals surface area (Å²) in [5, 5.41) is 14.2. The number of anilines is 1. The van der Waals surface area contributed by atoms with E-state index in [2.05, 4.69) is 20.8 Å². The highest BCUT2D eigenvalue weighted by Gasteiger charge is 2.24. The topological polar surface area (TPSA) is 97.1 Å². The Balaban J connectivity index is 1.90. The monoisotopic (exact) mass is 288 g/mol. The average molecular weight is 288 g/mol.